The Labute approximate surface area is 183 Å². The number of nitrogens with zero attached hydrogens (tertiary/aromatic N) is 3. The topological polar surface area (TPSA) is 42.9 Å². The standard InChI is InChI=1S/C20H29F2N5.HI/c1-23-20(24-11-14-7-9-26(12-14)16-5-6-16)25-15-8-10-27(13-15)19-17(21)3-2-4-18(19)22;/h2-4,14-16H,5-13H2,1H3,(H2,23,24,25);1H. The van der Waals surface area contributed by atoms with Gasteiger partial charge in [-0.05, 0) is 50.3 Å². The zero-order chi connectivity index (χ0) is 18.8. The van der Waals surface area contributed by atoms with Crippen molar-refractivity contribution in [1.29, 1.82) is 0 Å². The lowest BCUT2D eigenvalue weighted by Crippen LogP contribution is -2.46. The van der Waals surface area contributed by atoms with E-state index in [4.69, 9.17) is 0 Å². The number of hydrogen-bond acceptors (Lipinski definition) is 3. The molecule has 2 atom stereocenters. The molecular weight excluding hydrogens is 475 g/mol. The molecule has 2 saturated heterocycles. The van der Waals surface area contributed by atoms with Gasteiger partial charge in [-0.2, -0.15) is 0 Å². The summed E-state index contributed by atoms with van der Waals surface area (Å²) in [7, 11) is 1.77. The largest absolute Gasteiger partial charge is 0.365 e. The summed E-state index contributed by atoms with van der Waals surface area (Å²) in [6.45, 7) is 4.51. The molecule has 0 spiro atoms. The fraction of sp³-hybridized carbons (Fsp3) is 0.650. The maximum absolute atomic E-state index is 14.0. The Balaban J connectivity index is 0.00000225. The van der Waals surface area contributed by atoms with E-state index in [1.165, 1.54) is 50.6 Å². The van der Waals surface area contributed by atoms with Gasteiger partial charge in [0.25, 0.3) is 0 Å². The average molecular weight is 505 g/mol. The molecule has 4 rings (SSSR count). The molecule has 1 aromatic carbocycles. The molecule has 156 valence electrons. The number of rotatable bonds is 5. The maximum Gasteiger partial charge on any atom is 0.191 e. The van der Waals surface area contributed by atoms with Crippen LogP contribution in [0, 0.1) is 17.6 Å². The lowest BCUT2D eigenvalue weighted by Gasteiger charge is -2.22. The first-order valence-corrected chi connectivity index (χ1v) is 10.0. The van der Waals surface area contributed by atoms with Gasteiger partial charge in [-0.3, -0.25) is 4.99 Å². The van der Waals surface area contributed by atoms with Crippen LogP contribution in [0.5, 0.6) is 0 Å². The molecule has 0 amide bonds. The Morgan fingerprint density at radius 1 is 1.11 bits per heavy atom. The van der Waals surface area contributed by atoms with Crippen molar-refractivity contribution < 1.29 is 8.78 Å². The molecule has 0 radical (unpaired) electrons. The second-order valence-electron chi connectivity index (χ2n) is 7.98. The van der Waals surface area contributed by atoms with Crippen molar-refractivity contribution in [3.63, 3.8) is 0 Å². The van der Waals surface area contributed by atoms with Crippen LogP contribution in [0.2, 0.25) is 0 Å². The SMILES string of the molecule is CN=C(NCC1CCN(C2CC2)C1)NC1CCN(c2c(F)cccc2F)C1.I. The first-order chi connectivity index (χ1) is 13.1. The molecule has 1 saturated carbocycles. The maximum atomic E-state index is 14.0. The molecule has 28 heavy (non-hydrogen) atoms. The van der Waals surface area contributed by atoms with E-state index in [0.29, 0.717) is 19.0 Å². The lowest BCUT2D eigenvalue weighted by atomic mass is 10.1. The van der Waals surface area contributed by atoms with Gasteiger partial charge in [0.1, 0.15) is 17.3 Å². The Kier molecular flexibility index (Phi) is 7.36. The Morgan fingerprint density at radius 3 is 2.54 bits per heavy atom. The van der Waals surface area contributed by atoms with E-state index in [-0.39, 0.29) is 35.7 Å². The highest BCUT2D eigenvalue weighted by Crippen LogP contribution is 2.31. The number of hydrogen-bond donors (Lipinski definition) is 2. The van der Waals surface area contributed by atoms with Crippen LogP contribution in [-0.2, 0) is 0 Å². The predicted molar refractivity (Wildman–Crippen MR) is 120 cm³/mol. The summed E-state index contributed by atoms with van der Waals surface area (Å²) in [5.74, 6) is 0.441. The molecule has 2 unspecified atom stereocenters. The van der Waals surface area contributed by atoms with Crippen molar-refractivity contribution in [1.82, 2.24) is 15.5 Å². The minimum absolute atomic E-state index is 0. The van der Waals surface area contributed by atoms with Crippen LogP contribution >= 0.6 is 24.0 Å². The third-order valence-corrected chi connectivity index (χ3v) is 5.95. The minimum Gasteiger partial charge on any atom is -0.365 e. The number of benzene rings is 1. The van der Waals surface area contributed by atoms with Crippen LogP contribution in [0.15, 0.2) is 23.2 Å². The number of aliphatic imine (C=N–C) groups is 1. The third kappa shape index (κ3) is 5.06. The van der Waals surface area contributed by atoms with Crippen molar-refractivity contribution in [3.05, 3.63) is 29.8 Å². The molecule has 1 aromatic rings. The molecule has 3 fully saturated rings. The summed E-state index contributed by atoms with van der Waals surface area (Å²) in [5, 5.41) is 6.85. The molecule has 2 heterocycles. The Morgan fingerprint density at radius 2 is 1.86 bits per heavy atom. The normalized spacial score (nSPS) is 25.7. The fourth-order valence-corrected chi connectivity index (χ4v) is 4.30. The van der Waals surface area contributed by atoms with E-state index in [1.807, 2.05) is 0 Å². The molecular formula is C20H30F2IN5. The first kappa shape index (κ1) is 21.5. The molecule has 0 bridgehead atoms. The highest BCUT2D eigenvalue weighted by molar-refractivity contribution is 14.0. The number of para-hydroxylation sites is 1. The molecule has 3 aliphatic rings. The van der Waals surface area contributed by atoms with E-state index in [2.05, 4.69) is 20.5 Å². The summed E-state index contributed by atoms with van der Waals surface area (Å²) < 4.78 is 28.0. The number of anilines is 1. The van der Waals surface area contributed by atoms with Crippen molar-refractivity contribution in [2.24, 2.45) is 10.9 Å². The zero-order valence-corrected chi connectivity index (χ0v) is 18.7. The van der Waals surface area contributed by atoms with Crippen LogP contribution in [0.25, 0.3) is 0 Å². The van der Waals surface area contributed by atoms with Gasteiger partial charge < -0.3 is 20.4 Å². The van der Waals surface area contributed by atoms with Crippen LogP contribution in [-0.4, -0.2) is 62.7 Å². The second kappa shape index (κ2) is 9.56. The predicted octanol–water partition coefficient (Wildman–Crippen LogP) is 2.81. The van der Waals surface area contributed by atoms with Crippen LogP contribution in [0.4, 0.5) is 14.5 Å². The van der Waals surface area contributed by atoms with Gasteiger partial charge >= 0.3 is 0 Å². The molecule has 0 aromatic heterocycles. The van der Waals surface area contributed by atoms with Crippen molar-refractivity contribution in [2.75, 3.05) is 44.7 Å². The summed E-state index contributed by atoms with van der Waals surface area (Å²) in [6.07, 6.45) is 4.80. The van der Waals surface area contributed by atoms with Crippen molar-refractivity contribution in [3.8, 4) is 0 Å². The Bertz CT molecular complexity index is 677. The van der Waals surface area contributed by atoms with E-state index in [1.54, 1.807) is 11.9 Å². The summed E-state index contributed by atoms with van der Waals surface area (Å²) in [6, 6.07) is 5.00. The smallest absolute Gasteiger partial charge is 0.191 e. The molecule has 8 heteroatoms. The average Bonchev–Trinajstić information content (AvgIpc) is 3.22. The molecule has 5 nitrogen and oxygen atoms in total. The summed E-state index contributed by atoms with van der Waals surface area (Å²) in [5.41, 5.74) is 0.0795. The van der Waals surface area contributed by atoms with Crippen LogP contribution in [0.1, 0.15) is 25.7 Å². The van der Waals surface area contributed by atoms with Gasteiger partial charge in [0.2, 0.25) is 0 Å². The lowest BCUT2D eigenvalue weighted by molar-refractivity contribution is 0.314. The number of guanidine groups is 1. The van der Waals surface area contributed by atoms with Gasteiger partial charge in [-0.15, -0.1) is 24.0 Å². The van der Waals surface area contributed by atoms with Gasteiger partial charge in [0, 0.05) is 45.3 Å². The van der Waals surface area contributed by atoms with E-state index >= 15 is 0 Å². The van der Waals surface area contributed by atoms with Gasteiger partial charge in [-0.1, -0.05) is 6.07 Å². The molecule has 2 aliphatic heterocycles. The van der Waals surface area contributed by atoms with Crippen molar-refractivity contribution in [2.45, 2.75) is 37.8 Å². The summed E-state index contributed by atoms with van der Waals surface area (Å²) in [4.78, 5) is 8.72. The quantitative estimate of drug-likeness (QED) is 0.367. The molecule has 2 N–H and O–H groups in total. The van der Waals surface area contributed by atoms with E-state index in [0.717, 1.165) is 25.0 Å². The highest BCUT2D eigenvalue weighted by atomic mass is 127. The fourth-order valence-electron chi connectivity index (χ4n) is 4.30. The van der Waals surface area contributed by atoms with E-state index in [9.17, 15) is 8.78 Å². The first-order valence-electron chi connectivity index (χ1n) is 10.0. The number of likely N-dealkylation sites (tertiary alicyclic amines) is 1. The zero-order valence-electron chi connectivity index (χ0n) is 16.3. The van der Waals surface area contributed by atoms with Crippen molar-refractivity contribution >= 4 is 35.6 Å². The second-order valence-corrected chi connectivity index (χ2v) is 7.98. The van der Waals surface area contributed by atoms with Crippen LogP contribution < -0.4 is 15.5 Å². The van der Waals surface area contributed by atoms with E-state index < -0.39 is 11.6 Å². The highest BCUT2D eigenvalue weighted by Gasteiger charge is 2.34. The van der Waals surface area contributed by atoms with Gasteiger partial charge in [0.15, 0.2) is 5.96 Å². The molecule has 1 aliphatic carbocycles. The van der Waals surface area contributed by atoms with Gasteiger partial charge in [0.05, 0.1) is 0 Å². The number of halogens is 3. The van der Waals surface area contributed by atoms with Crippen LogP contribution in [0.3, 0.4) is 0 Å². The monoisotopic (exact) mass is 505 g/mol. The number of nitrogens with one attached hydrogen (secondary N) is 2. The summed E-state index contributed by atoms with van der Waals surface area (Å²) >= 11 is 0. The van der Waals surface area contributed by atoms with Gasteiger partial charge in [-0.25, -0.2) is 8.78 Å². The minimum atomic E-state index is -0.500. The third-order valence-electron chi connectivity index (χ3n) is 5.95. The Hall–Kier alpha value is -1.16.